The highest BCUT2D eigenvalue weighted by molar-refractivity contribution is 7.80. The number of anilines is 2. The van der Waals surface area contributed by atoms with Gasteiger partial charge in [-0.3, -0.25) is 4.98 Å². The van der Waals surface area contributed by atoms with Crippen LogP contribution in [0.2, 0.25) is 0 Å². The average molecular weight is 320 g/mol. The molecular weight excluding hydrogens is 300 g/mol. The Bertz CT molecular complexity index is 683. The number of aryl methyl sites for hydroxylation is 2. The maximum atomic E-state index is 5.83. The van der Waals surface area contributed by atoms with Crippen LogP contribution in [0.3, 0.4) is 0 Å². The predicted molar refractivity (Wildman–Crippen MR) is 93.7 cm³/mol. The summed E-state index contributed by atoms with van der Waals surface area (Å²) in [7, 11) is 0. The van der Waals surface area contributed by atoms with Crippen LogP contribution in [-0.2, 0) is 5.41 Å². The van der Waals surface area contributed by atoms with Crippen LogP contribution in [0.4, 0.5) is 10.8 Å². The van der Waals surface area contributed by atoms with Gasteiger partial charge in [0.1, 0.15) is 4.99 Å². The second-order valence-corrected chi connectivity index (χ2v) is 7.35. The molecule has 0 spiro atoms. The molecule has 0 fully saturated rings. The number of thiazole rings is 1. The highest BCUT2D eigenvalue weighted by atomic mass is 32.1. The standard InChI is InChI=1S/C15H20N4S2/c1-8-6-10(12(13(16)20)9(2)17-8)18-14-19-11(7-21-14)15(3,4)5/h6-7H,1-5H3,(H2,16,20)(H,17,18,19). The SMILES string of the molecule is Cc1cc(Nc2nc(C(C)(C)C)cs2)c(C(N)=S)c(C)n1. The Labute approximate surface area is 134 Å². The summed E-state index contributed by atoms with van der Waals surface area (Å²) in [6, 6.07) is 1.94. The fourth-order valence-electron chi connectivity index (χ4n) is 2.03. The summed E-state index contributed by atoms with van der Waals surface area (Å²) in [5.74, 6) is 0. The van der Waals surface area contributed by atoms with Gasteiger partial charge in [-0.05, 0) is 19.9 Å². The third kappa shape index (κ3) is 3.57. The lowest BCUT2D eigenvalue weighted by molar-refractivity contribution is 0.573. The van der Waals surface area contributed by atoms with Crippen molar-refractivity contribution in [3.63, 3.8) is 0 Å². The van der Waals surface area contributed by atoms with Gasteiger partial charge in [0.05, 0.1) is 16.9 Å². The van der Waals surface area contributed by atoms with E-state index in [0.29, 0.717) is 4.99 Å². The smallest absolute Gasteiger partial charge is 0.187 e. The van der Waals surface area contributed by atoms with Gasteiger partial charge >= 0.3 is 0 Å². The van der Waals surface area contributed by atoms with Crippen molar-refractivity contribution >= 4 is 39.4 Å². The van der Waals surface area contributed by atoms with E-state index in [4.69, 9.17) is 18.0 Å². The summed E-state index contributed by atoms with van der Waals surface area (Å²) in [6.07, 6.45) is 0. The second kappa shape index (κ2) is 5.69. The van der Waals surface area contributed by atoms with E-state index >= 15 is 0 Å². The van der Waals surface area contributed by atoms with Crippen LogP contribution in [0.5, 0.6) is 0 Å². The highest BCUT2D eigenvalue weighted by Gasteiger charge is 2.18. The van der Waals surface area contributed by atoms with Crippen molar-refractivity contribution in [2.45, 2.75) is 40.0 Å². The molecule has 4 nitrogen and oxygen atoms in total. The number of hydrogen-bond acceptors (Lipinski definition) is 5. The number of nitrogens with two attached hydrogens (primary N) is 1. The van der Waals surface area contributed by atoms with Crippen molar-refractivity contribution in [3.8, 4) is 0 Å². The van der Waals surface area contributed by atoms with Crippen molar-refractivity contribution < 1.29 is 0 Å². The van der Waals surface area contributed by atoms with Crippen molar-refractivity contribution in [3.05, 3.63) is 34.1 Å². The van der Waals surface area contributed by atoms with Gasteiger partial charge in [0.2, 0.25) is 0 Å². The van der Waals surface area contributed by atoms with Crippen LogP contribution >= 0.6 is 23.6 Å². The van der Waals surface area contributed by atoms with Crippen LogP contribution in [0.15, 0.2) is 11.4 Å². The molecule has 0 atom stereocenters. The number of rotatable bonds is 3. The first-order valence-corrected chi connectivity index (χ1v) is 7.98. The van der Waals surface area contributed by atoms with Gasteiger partial charge in [-0.15, -0.1) is 11.3 Å². The highest BCUT2D eigenvalue weighted by Crippen LogP contribution is 2.30. The molecule has 3 N–H and O–H groups in total. The molecule has 0 saturated carbocycles. The van der Waals surface area contributed by atoms with E-state index < -0.39 is 0 Å². The second-order valence-electron chi connectivity index (χ2n) is 6.05. The third-order valence-corrected chi connectivity index (χ3v) is 4.05. The summed E-state index contributed by atoms with van der Waals surface area (Å²) in [5.41, 5.74) is 10.3. The monoisotopic (exact) mass is 320 g/mol. The number of nitrogens with zero attached hydrogens (tertiary/aromatic N) is 2. The minimum Gasteiger partial charge on any atom is -0.389 e. The van der Waals surface area contributed by atoms with Crippen molar-refractivity contribution in [2.75, 3.05) is 5.32 Å². The van der Waals surface area contributed by atoms with Crippen LogP contribution in [0.25, 0.3) is 0 Å². The first-order valence-electron chi connectivity index (χ1n) is 6.69. The number of thiocarbonyl (C=S) groups is 1. The molecule has 6 heteroatoms. The molecule has 21 heavy (non-hydrogen) atoms. The van der Waals surface area contributed by atoms with Gasteiger partial charge in [-0.25, -0.2) is 4.98 Å². The zero-order valence-electron chi connectivity index (χ0n) is 12.9. The molecule has 0 bridgehead atoms. The Hall–Kier alpha value is -1.53. The van der Waals surface area contributed by atoms with Crippen molar-refractivity contribution in [1.82, 2.24) is 9.97 Å². The van der Waals surface area contributed by atoms with Crippen molar-refractivity contribution in [1.29, 1.82) is 0 Å². The minimum absolute atomic E-state index is 0.0342. The summed E-state index contributed by atoms with van der Waals surface area (Å²) >= 11 is 6.72. The van der Waals surface area contributed by atoms with Crippen LogP contribution in [-0.4, -0.2) is 15.0 Å². The van der Waals surface area contributed by atoms with Gasteiger partial charge in [-0.2, -0.15) is 0 Å². The molecule has 112 valence electrons. The fraction of sp³-hybridized carbons (Fsp3) is 0.400. The first kappa shape index (κ1) is 15.9. The Morgan fingerprint density at radius 3 is 2.48 bits per heavy atom. The molecule has 0 aromatic carbocycles. The number of aromatic nitrogens is 2. The molecular formula is C15H20N4S2. The van der Waals surface area contributed by atoms with Gasteiger partial charge in [-0.1, -0.05) is 33.0 Å². The van der Waals surface area contributed by atoms with E-state index in [1.807, 2.05) is 19.9 Å². The summed E-state index contributed by atoms with van der Waals surface area (Å²) in [6.45, 7) is 10.3. The Kier molecular flexibility index (Phi) is 4.30. The molecule has 0 saturated heterocycles. The summed E-state index contributed by atoms with van der Waals surface area (Å²) < 4.78 is 0. The first-order chi connectivity index (χ1) is 9.68. The van der Waals surface area contributed by atoms with Gasteiger partial charge in [0.15, 0.2) is 5.13 Å². The van der Waals surface area contributed by atoms with E-state index in [0.717, 1.165) is 33.5 Å². The van der Waals surface area contributed by atoms with E-state index in [2.05, 4.69) is 41.4 Å². The van der Waals surface area contributed by atoms with Crippen LogP contribution < -0.4 is 11.1 Å². The average Bonchev–Trinajstić information content (AvgIpc) is 2.75. The molecule has 0 aliphatic heterocycles. The quantitative estimate of drug-likeness (QED) is 0.842. The lowest BCUT2D eigenvalue weighted by atomic mass is 9.93. The van der Waals surface area contributed by atoms with Crippen LogP contribution in [0.1, 0.15) is 43.4 Å². The molecule has 0 radical (unpaired) electrons. The van der Waals surface area contributed by atoms with E-state index in [1.54, 1.807) is 11.3 Å². The maximum absolute atomic E-state index is 5.83. The third-order valence-electron chi connectivity index (χ3n) is 3.09. The summed E-state index contributed by atoms with van der Waals surface area (Å²) in [5, 5.41) is 6.24. The molecule has 0 aliphatic carbocycles. The van der Waals surface area contributed by atoms with Gasteiger partial charge < -0.3 is 11.1 Å². The number of nitrogens with one attached hydrogen (secondary N) is 1. The van der Waals surface area contributed by atoms with E-state index in [9.17, 15) is 0 Å². The van der Waals surface area contributed by atoms with E-state index in [-0.39, 0.29) is 5.41 Å². The van der Waals surface area contributed by atoms with E-state index in [1.165, 1.54) is 0 Å². The normalized spacial score (nSPS) is 11.5. The zero-order chi connectivity index (χ0) is 15.8. The molecule has 2 heterocycles. The maximum Gasteiger partial charge on any atom is 0.187 e. The fourth-order valence-corrected chi connectivity index (χ4v) is 3.24. The molecule has 2 rings (SSSR count). The Morgan fingerprint density at radius 2 is 1.95 bits per heavy atom. The lowest BCUT2D eigenvalue weighted by Gasteiger charge is -2.15. The van der Waals surface area contributed by atoms with Gasteiger partial charge in [0, 0.05) is 22.2 Å². The largest absolute Gasteiger partial charge is 0.389 e. The molecule has 2 aromatic rings. The number of pyridine rings is 1. The number of hydrogen-bond donors (Lipinski definition) is 2. The zero-order valence-corrected chi connectivity index (χ0v) is 14.6. The van der Waals surface area contributed by atoms with Crippen molar-refractivity contribution in [2.24, 2.45) is 5.73 Å². The molecule has 0 unspecified atom stereocenters. The Morgan fingerprint density at radius 1 is 1.29 bits per heavy atom. The summed E-state index contributed by atoms with van der Waals surface area (Å²) in [4.78, 5) is 9.40. The molecule has 0 amide bonds. The minimum atomic E-state index is 0.0342. The topological polar surface area (TPSA) is 63.8 Å². The van der Waals surface area contributed by atoms with Gasteiger partial charge in [0.25, 0.3) is 0 Å². The Balaban J connectivity index is 2.40. The molecule has 0 aliphatic rings. The lowest BCUT2D eigenvalue weighted by Crippen LogP contribution is -2.15. The molecule has 2 aromatic heterocycles. The van der Waals surface area contributed by atoms with Crippen LogP contribution in [0, 0.1) is 13.8 Å². The predicted octanol–water partition coefficient (Wildman–Crippen LogP) is 3.83.